The second-order valence-corrected chi connectivity index (χ2v) is 7.35. The van der Waals surface area contributed by atoms with E-state index in [-0.39, 0.29) is 5.91 Å². The van der Waals surface area contributed by atoms with Crippen molar-refractivity contribution >= 4 is 51.3 Å². The first kappa shape index (κ1) is 17.3. The first-order chi connectivity index (χ1) is 13.1. The van der Waals surface area contributed by atoms with Crippen molar-refractivity contribution in [3.05, 3.63) is 52.9 Å². The molecular formula is C19H11N3O3S2. The monoisotopic (exact) mass is 393 g/mol. The predicted molar refractivity (Wildman–Crippen MR) is 107 cm³/mol. The average Bonchev–Trinajstić information content (AvgIpc) is 3.22. The van der Waals surface area contributed by atoms with E-state index >= 15 is 0 Å². The number of benzene rings is 1. The van der Waals surface area contributed by atoms with Crippen molar-refractivity contribution < 1.29 is 13.9 Å². The van der Waals surface area contributed by atoms with Crippen LogP contribution >= 0.6 is 24.0 Å². The van der Waals surface area contributed by atoms with Gasteiger partial charge in [-0.15, -0.1) is 0 Å². The van der Waals surface area contributed by atoms with Crippen LogP contribution in [0.4, 0.5) is 0 Å². The van der Waals surface area contributed by atoms with E-state index in [1.54, 1.807) is 30.6 Å². The van der Waals surface area contributed by atoms with Crippen molar-refractivity contribution in [2.24, 2.45) is 0 Å². The van der Waals surface area contributed by atoms with Gasteiger partial charge >= 0.3 is 0 Å². The number of methoxy groups -OCH3 is 1. The Kier molecular flexibility index (Phi) is 4.39. The molecule has 0 radical (unpaired) electrons. The maximum atomic E-state index is 11.8. The molecule has 2 aromatic heterocycles. The van der Waals surface area contributed by atoms with Gasteiger partial charge in [0.05, 0.1) is 17.6 Å². The van der Waals surface area contributed by atoms with Gasteiger partial charge in [-0.1, -0.05) is 30.0 Å². The van der Waals surface area contributed by atoms with E-state index in [1.807, 2.05) is 12.1 Å². The number of thioether (sulfide) groups is 1. The second kappa shape index (κ2) is 6.87. The van der Waals surface area contributed by atoms with Gasteiger partial charge in [-0.2, -0.15) is 5.26 Å². The van der Waals surface area contributed by atoms with Crippen molar-refractivity contribution in [3.63, 3.8) is 0 Å². The number of fused-ring (bicyclic) bond motifs is 1. The van der Waals surface area contributed by atoms with Crippen LogP contribution < -0.4 is 10.1 Å². The lowest BCUT2D eigenvalue weighted by molar-refractivity contribution is -0.115. The number of ether oxygens (including phenoxy) is 1. The number of hydrogen-bond donors (Lipinski definition) is 1. The van der Waals surface area contributed by atoms with Crippen LogP contribution in [0.1, 0.15) is 11.3 Å². The lowest BCUT2D eigenvalue weighted by atomic mass is 10.0. The van der Waals surface area contributed by atoms with E-state index in [2.05, 4.69) is 16.4 Å². The van der Waals surface area contributed by atoms with E-state index in [4.69, 9.17) is 21.4 Å². The molecule has 0 saturated carbocycles. The third kappa shape index (κ3) is 3.18. The van der Waals surface area contributed by atoms with E-state index < -0.39 is 0 Å². The largest absolute Gasteiger partial charge is 0.495 e. The Morgan fingerprint density at radius 2 is 2.22 bits per heavy atom. The van der Waals surface area contributed by atoms with Crippen molar-refractivity contribution in [2.75, 3.05) is 7.11 Å². The minimum absolute atomic E-state index is 0.238. The minimum atomic E-state index is -0.238. The standard InChI is InChI=1S/C19H11N3O3S2/c1-24-15-3-2-10(4-11(15)7-20)14-9-21-8-12-5-13(25-17(12)14)6-16-18(23)22-19(26)27-16/h2-6,8-9H,1H3,(H,22,23,26)/b16-6-. The highest BCUT2D eigenvalue weighted by Crippen LogP contribution is 2.34. The lowest BCUT2D eigenvalue weighted by Crippen LogP contribution is -2.17. The van der Waals surface area contributed by atoms with Gasteiger partial charge in [0.15, 0.2) is 0 Å². The summed E-state index contributed by atoms with van der Waals surface area (Å²) in [5, 5.41) is 12.7. The number of carbonyl (C=O) groups is 1. The SMILES string of the molecule is COc1ccc(-c2cncc3cc(/C=C4\SC(=S)NC4=O)oc23)cc1C#N. The molecule has 0 atom stereocenters. The number of nitrogens with zero attached hydrogens (tertiary/aromatic N) is 2. The summed E-state index contributed by atoms with van der Waals surface area (Å²) in [7, 11) is 1.52. The fourth-order valence-electron chi connectivity index (χ4n) is 2.77. The van der Waals surface area contributed by atoms with Crippen LogP contribution in [-0.4, -0.2) is 22.3 Å². The molecule has 1 aliphatic rings. The molecule has 4 rings (SSSR count). The molecule has 1 amide bonds. The van der Waals surface area contributed by atoms with Crippen LogP contribution in [0.15, 0.2) is 46.0 Å². The zero-order valence-corrected chi connectivity index (χ0v) is 15.6. The topological polar surface area (TPSA) is 88.2 Å². The molecule has 27 heavy (non-hydrogen) atoms. The summed E-state index contributed by atoms with van der Waals surface area (Å²) in [5.74, 6) is 0.791. The highest BCUT2D eigenvalue weighted by atomic mass is 32.2. The normalized spacial score (nSPS) is 15.2. The van der Waals surface area contributed by atoms with Gasteiger partial charge in [-0.3, -0.25) is 9.78 Å². The minimum Gasteiger partial charge on any atom is -0.495 e. The molecule has 0 aliphatic carbocycles. The predicted octanol–water partition coefficient (Wildman–Crippen LogP) is 3.86. The average molecular weight is 393 g/mol. The molecule has 8 heteroatoms. The third-order valence-corrected chi connectivity index (χ3v) is 5.15. The summed E-state index contributed by atoms with van der Waals surface area (Å²) in [6.45, 7) is 0. The summed E-state index contributed by atoms with van der Waals surface area (Å²) in [4.78, 5) is 16.6. The van der Waals surface area contributed by atoms with Gasteiger partial charge in [0.2, 0.25) is 0 Å². The van der Waals surface area contributed by atoms with Gasteiger partial charge < -0.3 is 14.5 Å². The maximum Gasteiger partial charge on any atom is 0.263 e. The van der Waals surface area contributed by atoms with E-state index in [0.717, 1.165) is 16.5 Å². The molecule has 132 valence electrons. The Morgan fingerprint density at radius 3 is 2.93 bits per heavy atom. The Balaban J connectivity index is 1.81. The summed E-state index contributed by atoms with van der Waals surface area (Å²) in [6, 6.07) is 9.24. The van der Waals surface area contributed by atoms with Gasteiger partial charge in [0.1, 0.15) is 27.5 Å². The number of amides is 1. The number of nitriles is 1. The highest BCUT2D eigenvalue weighted by molar-refractivity contribution is 8.26. The quantitative estimate of drug-likeness (QED) is 0.534. The number of pyridine rings is 1. The molecule has 0 bridgehead atoms. The molecule has 3 heterocycles. The van der Waals surface area contributed by atoms with Gasteiger partial charge in [0, 0.05) is 29.4 Å². The maximum absolute atomic E-state index is 11.8. The van der Waals surface area contributed by atoms with Crippen molar-refractivity contribution in [3.8, 4) is 22.9 Å². The number of rotatable bonds is 3. The van der Waals surface area contributed by atoms with E-state index in [1.165, 1.54) is 18.9 Å². The van der Waals surface area contributed by atoms with Crippen LogP contribution in [0.2, 0.25) is 0 Å². The number of aromatic nitrogens is 1. The van der Waals surface area contributed by atoms with Crippen LogP contribution in [-0.2, 0) is 4.79 Å². The number of hydrogen-bond acceptors (Lipinski definition) is 7. The molecule has 3 aromatic rings. The summed E-state index contributed by atoms with van der Waals surface area (Å²) in [5.41, 5.74) is 2.58. The fourth-order valence-corrected chi connectivity index (χ4v) is 3.80. The molecule has 1 N–H and O–H groups in total. The fraction of sp³-hybridized carbons (Fsp3) is 0.0526. The number of furan rings is 1. The number of thiocarbonyl (C=S) groups is 1. The smallest absolute Gasteiger partial charge is 0.263 e. The van der Waals surface area contributed by atoms with Crippen molar-refractivity contribution in [1.82, 2.24) is 10.3 Å². The summed E-state index contributed by atoms with van der Waals surface area (Å²) in [6.07, 6.45) is 5.02. The molecular weight excluding hydrogens is 382 g/mol. The van der Waals surface area contributed by atoms with Crippen LogP contribution in [0.3, 0.4) is 0 Å². The van der Waals surface area contributed by atoms with Crippen molar-refractivity contribution in [1.29, 1.82) is 5.26 Å². The van der Waals surface area contributed by atoms with Crippen molar-refractivity contribution in [2.45, 2.75) is 0 Å². The van der Waals surface area contributed by atoms with Gasteiger partial charge in [-0.25, -0.2) is 0 Å². The Hall–Kier alpha value is -3.15. The lowest BCUT2D eigenvalue weighted by Gasteiger charge is -2.06. The summed E-state index contributed by atoms with van der Waals surface area (Å²) >= 11 is 6.19. The molecule has 1 fully saturated rings. The molecule has 1 saturated heterocycles. The van der Waals surface area contributed by atoms with Gasteiger partial charge in [-0.05, 0) is 23.8 Å². The number of carbonyl (C=O) groups excluding carboxylic acids is 1. The molecule has 6 nitrogen and oxygen atoms in total. The van der Waals surface area contributed by atoms with Crippen LogP contribution in [0, 0.1) is 11.3 Å². The molecule has 0 spiro atoms. The zero-order valence-electron chi connectivity index (χ0n) is 14.0. The van der Waals surface area contributed by atoms with Crippen LogP contribution in [0.5, 0.6) is 5.75 Å². The first-order valence-corrected chi connectivity index (χ1v) is 9.02. The van der Waals surface area contributed by atoms with Gasteiger partial charge in [0.25, 0.3) is 5.91 Å². The highest BCUT2D eigenvalue weighted by Gasteiger charge is 2.23. The molecule has 1 aromatic carbocycles. The van der Waals surface area contributed by atoms with E-state index in [0.29, 0.717) is 31.9 Å². The Morgan fingerprint density at radius 1 is 1.37 bits per heavy atom. The zero-order chi connectivity index (χ0) is 19.0. The Labute approximate surface area is 163 Å². The second-order valence-electron chi connectivity index (χ2n) is 5.63. The first-order valence-electron chi connectivity index (χ1n) is 7.80. The Bertz CT molecular complexity index is 1170. The van der Waals surface area contributed by atoms with Crippen LogP contribution in [0.25, 0.3) is 28.2 Å². The molecule has 0 unspecified atom stereocenters. The molecule has 1 aliphatic heterocycles. The summed E-state index contributed by atoms with van der Waals surface area (Å²) < 4.78 is 11.6. The number of nitrogens with one attached hydrogen (secondary N) is 1. The third-order valence-electron chi connectivity index (χ3n) is 3.99. The van der Waals surface area contributed by atoms with E-state index in [9.17, 15) is 10.1 Å².